The van der Waals surface area contributed by atoms with Gasteiger partial charge in [0.05, 0.1) is 6.61 Å². The number of urea groups is 1. The van der Waals surface area contributed by atoms with E-state index in [1.807, 2.05) is 26.0 Å². The Labute approximate surface area is 136 Å². The second-order valence-electron chi connectivity index (χ2n) is 6.03. The topological polar surface area (TPSA) is 66.9 Å². The summed E-state index contributed by atoms with van der Waals surface area (Å²) in [5.41, 5.74) is 2.23. The Morgan fingerprint density at radius 3 is 2.13 bits per heavy atom. The van der Waals surface area contributed by atoms with Crippen molar-refractivity contribution in [3.05, 3.63) is 29.3 Å². The molecule has 1 aliphatic heterocycles. The summed E-state index contributed by atoms with van der Waals surface area (Å²) in [6.45, 7) is 7.94. The zero-order valence-corrected chi connectivity index (χ0v) is 14.0. The fraction of sp³-hybridized carbons (Fsp3) is 0.471. The molecule has 0 aromatic heterocycles. The van der Waals surface area contributed by atoms with Crippen LogP contribution in [-0.2, 0) is 9.59 Å². The molecule has 0 atom stereocenters. The van der Waals surface area contributed by atoms with Crippen LogP contribution in [0.5, 0.6) is 5.75 Å². The third-order valence-corrected chi connectivity index (χ3v) is 3.59. The van der Waals surface area contributed by atoms with Crippen molar-refractivity contribution < 1.29 is 19.1 Å². The largest absolute Gasteiger partial charge is 0.494 e. The van der Waals surface area contributed by atoms with Gasteiger partial charge >= 0.3 is 17.8 Å². The van der Waals surface area contributed by atoms with E-state index in [0.29, 0.717) is 13.0 Å². The highest BCUT2D eigenvalue weighted by atomic mass is 16.5. The highest BCUT2D eigenvalue weighted by Crippen LogP contribution is 2.18. The van der Waals surface area contributed by atoms with Gasteiger partial charge in [0.1, 0.15) is 5.75 Å². The number of benzene rings is 1. The first kappa shape index (κ1) is 17.0. The molecule has 1 aromatic carbocycles. The number of ether oxygens (including phenoxy) is 1. The van der Waals surface area contributed by atoms with Crippen molar-refractivity contribution in [1.82, 2.24) is 9.80 Å². The Morgan fingerprint density at radius 1 is 1.00 bits per heavy atom. The molecule has 124 valence electrons. The Bertz CT molecular complexity index is 619. The molecule has 2 rings (SSSR count). The van der Waals surface area contributed by atoms with Crippen LogP contribution in [0.25, 0.3) is 0 Å². The average Bonchev–Trinajstić information content (AvgIpc) is 2.65. The van der Waals surface area contributed by atoms with Crippen LogP contribution >= 0.6 is 0 Å². The van der Waals surface area contributed by atoms with E-state index >= 15 is 0 Å². The van der Waals surface area contributed by atoms with Crippen LogP contribution in [0, 0.1) is 13.8 Å². The van der Waals surface area contributed by atoms with E-state index in [1.54, 1.807) is 13.8 Å². The van der Waals surface area contributed by atoms with Gasteiger partial charge in [0.15, 0.2) is 0 Å². The summed E-state index contributed by atoms with van der Waals surface area (Å²) in [7, 11) is 0. The van der Waals surface area contributed by atoms with Crippen molar-refractivity contribution in [2.75, 3.05) is 13.2 Å². The number of amides is 4. The van der Waals surface area contributed by atoms with Crippen molar-refractivity contribution in [2.24, 2.45) is 0 Å². The van der Waals surface area contributed by atoms with Crippen molar-refractivity contribution in [3.8, 4) is 5.75 Å². The van der Waals surface area contributed by atoms with E-state index in [9.17, 15) is 14.4 Å². The molecular weight excluding hydrogens is 296 g/mol. The number of carbonyl (C=O) groups is 3. The lowest BCUT2D eigenvalue weighted by Gasteiger charge is -2.18. The van der Waals surface area contributed by atoms with Gasteiger partial charge in [0.2, 0.25) is 0 Å². The number of imide groups is 2. The molecule has 1 heterocycles. The van der Waals surface area contributed by atoms with Gasteiger partial charge in [-0.1, -0.05) is 6.07 Å². The smallest absolute Gasteiger partial charge is 0.334 e. The normalized spacial score (nSPS) is 15.1. The molecule has 1 aromatic rings. The molecule has 4 amide bonds. The summed E-state index contributed by atoms with van der Waals surface area (Å²) in [5.74, 6) is -0.739. The van der Waals surface area contributed by atoms with E-state index in [2.05, 4.69) is 6.07 Å². The first-order valence-corrected chi connectivity index (χ1v) is 7.71. The highest BCUT2D eigenvalue weighted by molar-refractivity contribution is 6.44. The van der Waals surface area contributed by atoms with Crippen molar-refractivity contribution >= 4 is 17.8 Å². The van der Waals surface area contributed by atoms with E-state index < -0.39 is 17.8 Å². The summed E-state index contributed by atoms with van der Waals surface area (Å²) in [6.07, 6.45) is 0.476. The fourth-order valence-electron chi connectivity index (χ4n) is 2.60. The second kappa shape index (κ2) is 6.81. The van der Waals surface area contributed by atoms with Crippen LogP contribution in [0.2, 0.25) is 0 Å². The maximum absolute atomic E-state index is 12.1. The van der Waals surface area contributed by atoms with Gasteiger partial charge in [-0.2, -0.15) is 0 Å². The molecule has 0 bridgehead atoms. The third kappa shape index (κ3) is 3.70. The van der Waals surface area contributed by atoms with E-state index in [-0.39, 0.29) is 12.6 Å². The lowest BCUT2D eigenvalue weighted by atomic mass is 10.1. The van der Waals surface area contributed by atoms with Crippen LogP contribution in [0.1, 0.15) is 31.4 Å². The summed E-state index contributed by atoms with van der Waals surface area (Å²) < 4.78 is 5.65. The molecule has 1 saturated heterocycles. The number of aryl methyl sites for hydroxylation is 2. The average molecular weight is 318 g/mol. The number of nitrogens with zero attached hydrogens (tertiary/aromatic N) is 2. The molecule has 0 N–H and O–H groups in total. The Kier molecular flexibility index (Phi) is 5.03. The number of rotatable bonds is 6. The van der Waals surface area contributed by atoms with Gasteiger partial charge in [-0.05, 0) is 57.4 Å². The van der Waals surface area contributed by atoms with Crippen molar-refractivity contribution in [1.29, 1.82) is 0 Å². The second-order valence-corrected chi connectivity index (χ2v) is 6.03. The van der Waals surface area contributed by atoms with Gasteiger partial charge in [-0.25, -0.2) is 4.79 Å². The van der Waals surface area contributed by atoms with Gasteiger partial charge < -0.3 is 4.74 Å². The van der Waals surface area contributed by atoms with Gasteiger partial charge in [0.25, 0.3) is 0 Å². The van der Waals surface area contributed by atoms with E-state index in [1.165, 1.54) is 0 Å². The molecule has 0 saturated carbocycles. The minimum atomic E-state index is -0.755. The number of hydrogen-bond donors (Lipinski definition) is 0. The highest BCUT2D eigenvalue weighted by Gasteiger charge is 2.45. The minimum absolute atomic E-state index is 0.178. The standard InChI is InChI=1S/C17H22N2O4/c1-11(2)19-16(21)15(20)18(17(19)22)6-5-7-23-14-9-12(3)8-13(4)10-14/h8-11H,5-7H2,1-4H3. The molecule has 1 fully saturated rings. The SMILES string of the molecule is Cc1cc(C)cc(OCCCN2C(=O)C(=O)N(C(C)C)C2=O)c1. The lowest BCUT2D eigenvalue weighted by molar-refractivity contribution is -0.143. The molecule has 0 unspecified atom stereocenters. The van der Waals surface area contributed by atoms with Gasteiger partial charge in [0, 0.05) is 12.6 Å². The minimum Gasteiger partial charge on any atom is -0.494 e. The van der Waals surface area contributed by atoms with Crippen LogP contribution in [-0.4, -0.2) is 46.8 Å². The van der Waals surface area contributed by atoms with Crippen molar-refractivity contribution in [2.45, 2.75) is 40.2 Å². The molecule has 23 heavy (non-hydrogen) atoms. The fourth-order valence-corrected chi connectivity index (χ4v) is 2.60. The summed E-state index contributed by atoms with van der Waals surface area (Å²) in [4.78, 5) is 37.7. The summed E-state index contributed by atoms with van der Waals surface area (Å²) >= 11 is 0. The first-order valence-electron chi connectivity index (χ1n) is 7.71. The molecule has 0 aliphatic carbocycles. The molecule has 6 nitrogen and oxygen atoms in total. The van der Waals surface area contributed by atoms with Gasteiger partial charge in [-0.15, -0.1) is 0 Å². The zero-order valence-electron chi connectivity index (χ0n) is 14.0. The molecule has 1 aliphatic rings. The predicted molar refractivity (Wildman–Crippen MR) is 85.1 cm³/mol. The maximum Gasteiger partial charge on any atom is 0.334 e. The quantitative estimate of drug-likeness (QED) is 0.458. The Balaban J connectivity index is 1.88. The first-order chi connectivity index (χ1) is 10.8. The molecule has 0 spiro atoms. The Morgan fingerprint density at radius 2 is 1.61 bits per heavy atom. The van der Waals surface area contributed by atoms with Crippen molar-refractivity contribution in [3.63, 3.8) is 0 Å². The number of carbonyl (C=O) groups excluding carboxylic acids is 3. The molecule has 6 heteroatoms. The van der Waals surface area contributed by atoms with Crippen LogP contribution in [0.4, 0.5) is 4.79 Å². The Hall–Kier alpha value is -2.37. The zero-order chi connectivity index (χ0) is 17.1. The number of hydrogen-bond acceptors (Lipinski definition) is 4. The molecule has 0 radical (unpaired) electrons. The van der Waals surface area contributed by atoms with Crippen LogP contribution in [0.15, 0.2) is 18.2 Å². The summed E-state index contributed by atoms with van der Waals surface area (Å²) in [5, 5.41) is 0. The lowest BCUT2D eigenvalue weighted by Crippen LogP contribution is -2.38. The van der Waals surface area contributed by atoms with Gasteiger partial charge in [-0.3, -0.25) is 19.4 Å². The van der Waals surface area contributed by atoms with Crippen LogP contribution < -0.4 is 4.74 Å². The summed E-state index contributed by atoms with van der Waals surface area (Å²) in [6, 6.07) is 5.06. The van der Waals surface area contributed by atoms with Crippen LogP contribution in [0.3, 0.4) is 0 Å². The predicted octanol–water partition coefficient (Wildman–Crippen LogP) is 2.27. The maximum atomic E-state index is 12.1. The molecular formula is C17H22N2O4. The monoisotopic (exact) mass is 318 g/mol. The van der Waals surface area contributed by atoms with E-state index in [0.717, 1.165) is 26.7 Å². The van der Waals surface area contributed by atoms with E-state index in [4.69, 9.17) is 4.74 Å². The third-order valence-electron chi connectivity index (χ3n) is 3.59.